The molecule has 0 aromatic heterocycles. The van der Waals surface area contributed by atoms with E-state index in [1.54, 1.807) is 7.11 Å². The molecule has 0 atom stereocenters. The molecule has 3 nitrogen and oxygen atoms in total. The van der Waals surface area contributed by atoms with Gasteiger partial charge in [0.05, 0.1) is 12.8 Å². The van der Waals surface area contributed by atoms with Crippen LogP contribution in [0.3, 0.4) is 0 Å². The second-order valence-electron chi connectivity index (χ2n) is 4.83. The number of ether oxygens (including phenoxy) is 2. The summed E-state index contributed by atoms with van der Waals surface area (Å²) >= 11 is 0. The van der Waals surface area contributed by atoms with E-state index in [-0.39, 0.29) is 0 Å². The van der Waals surface area contributed by atoms with Crippen molar-refractivity contribution in [2.24, 2.45) is 0 Å². The van der Waals surface area contributed by atoms with E-state index in [0.29, 0.717) is 18.0 Å². The largest absolute Gasteiger partial charge is 0.496 e. The highest BCUT2D eigenvalue weighted by Crippen LogP contribution is 2.26. The third-order valence-corrected chi connectivity index (χ3v) is 3.30. The van der Waals surface area contributed by atoms with Gasteiger partial charge in [-0.05, 0) is 48.7 Å². The first-order chi connectivity index (χ1) is 9.63. The number of nitrogens with two attached hydrogens (primary N) is 1. The molecule has 0 fully saturated rings. The maximum absolute atomic E-state index is 5.96. The zero-order valence-electron chi connectivity index (χ0n) is 12.3. The lowest BCUT2D eigenvalue weighted by atomic mass is 10.1. The monoisotopic (exact) mass is 271 g/mol. The summed E-state index contributed by atoms with van der Waals surface area (Å²) in [7, 11) is 1.67. The number of benzene rings is 2. The summed E-state index contributed by atoms with van der Waals surface area (Å²) in [4.78, 5) is 0. The van der Waals surface area contributed by atoms with Gasteiger partial charge in [0.15, 0.2) is 0 Å². The zero-order chi connectivity index (χ0) is 14.5. The van der Waals surface area contributed by atoms with Crippen LogP contribution in [-0.4, -0.2) is 7.11 Å². The van der Waals surface area contributed by atoms with Crippen LogP contribution < -0.4 is 15.2 Å². The van der Waals surface area contributed by atoms with Crippen LogP contribution in [0.25, 0.3) is 0 Å². The Morgan fingerprint density at radius 1 is 1.05 bits per heavy atom. The van der Waals surface area contributed by atoms with Gasteiger partial charge in [0.25, 0.3) is 0 Å². The Bertz CT molecular complexity index is 594. The lowest BCUT2D eigenvalue weighted by Gasteiger charge is -2.13. The summed E-state index contributed by atoms with van der Waals surface area (Å²) < 4.78 is 11.2. The molecule has 106 valence electrons. The first-order valence-electron chi connectivity index (χ1n) is 6.78. The van der Waals surface area contributed by atoms with Crippen molar-refractivity contribution in [2.75, 3.05) is 12.8 Å². The maximum Gasteiger partial charge on any atom is 0.142 e. The zero-order valence-corrected chi connectivity index (χ0v) is 12.3. The molecule has 3 heteroatoms. The van der Waals surface area contributed by atoms with Crippen molar-refractivity contribution < 1.29 is 9.47 Å². The third kappa shape index (κ3) is 3.23. The predicted octanol–water partition coefficient (Wildman–Crippen LogP) is 3.73. The number of hydrogen-bond donors (Lipinski definition) is 1. The molecule has 2 aromatic carbocycles. The minimum absolute atomic E-state index is 0.449. The molecule has 0 heterocycles. The van der Waals surface area contributed by atoms with Crippen molar-refractivity contribution in [1.82, 2.24) is 0 Å². The first-order valence-corrected chi connectivity index (χ1v) is 6.78. The number of methoxy groups -OCH3 is 1. The fraction of sp³-hybridized carbons (Fsp3) is 0.294. The molecule has 2 rings (SSSR count). The van der Waals surface area contributed by atoms with Gasteiger partial charge in [0.1, 0.15) is 18.1 Å². The fourth-order valence-electron chi connectivity index (χ4n) is 2.12. The Hall–Kier alpha value is -2.16. The fourth-order valence-corrected chi connectivity index (χ4v) is 2.12. The number of aryl methyl sites for hydroxylation is 2. The Morgan fingerprint density at radius 2 is 1.80 bits per heavy atom. The lowest BCUT2D eigenvalue weighted by molar-refractivity contribution is 0.298. The number of nitrogen functional groups attached to an aromatic ring is 1. The topological polar surface area (TPSA) is 44.5 Å². The van der Waals surface area contributed by atoms with Crippen LogP contribution in [0, 0.1) is 6.92 Å². The van der Waals surface area contributed by atoms with Crippen LogP contribution >= 0.6 is 0 Å². The van der Waals surface area contributed by atoms with Crippen molar-refractivity contribution in [1.29, 1.82) is 0 Å². The summed E-state index contributed by atoms with van der Waals surface area (Å²) in [6, 6.07) is 12.0. The molecule has 20 heavy (non-hydrogen) atoms. The molecule has 0 aliphatic rings. The molecule has 0 unspecified atom stereocenters. The minimum Gasteiger partial charge on any atom is -0.496 e. The molecular formula is C17H21NO2. The molecule has 0 aliphatic heterocycles. The number of hydrogen-bond acceptors (Lipinski definition) is 3. The minimum atomic E-state index is 0.449. The molecule has 2 N–H and O–H groups in total. The normalized spacial score (nSPS) is 10.3. The molecule has 2 aromatic rings. The van der Waals surface area contributed by atoms with Gasteiger partial charge in [-0.2, -0.15) is 0 Å². The highest BCUT2D eigenvalue weighted by Gasteiger charge is 2.07. The predicted molar refractivity (Wildman–Crippen MR) is 82.3 cm³/mol. The van der Waals surface area contributed by atoms with Crippen LogP contribution in [0.5, 0.6) is 11.5 Å². The smallest absolute Gasteiger partial charge is 0.142 e. The molecular weight excluding hydrogens is 250 g/mol. The van der Waals surface area contributed by atoms with Crippen molar-refractivity contribution in [3.8, 4) is 11.5 Å². The van der Waals surface area contributed by atoms with E-state index < -0.39 is 0 Å². The molecule has 0 spiro atoms. The van der Waals surface area contributed by atoms with E-state index in [4.69, 9.17) is 15.2 Å². The van der Waals surface area contributed by atoms with Crippen molar-refractivity contribution >= 4 is 5.69 Å². The Labute approximate surface area is 120 Å². The van der Waals surface area contributed by atoms with E-state index in [1.165, 1.54) is 5.56 Å². The Morgan fingerprint density at radius 3 is 2.45 bits per heavy atom. The summed E-state index contributed by atoms with van der Waals surface area (Å²) in [5.41, 5.74) is 10.0. The van der Waals surface area contributed by atoms with Gasteiger partial charge in [-0.25, -0.2) is 0 Å². The second kappa shape index (κ2) is 6.33. The van der Waals surface area contributed by atoms with Gasteiger partial charge in [-0.1, -0.05) is 19.1 Å². The molecule has 0 aliphatic carbocycles. The van der Waals surface area contributed by atoms with Crippen LogP contribution in [0.1, 0.15) is 23.6 Å². The van der Waals surface area contributed by atoms with Crippen molar-refractivity contribution in [2.45, 2.75) is 26.9 Å². The number of anilines is 1. The van der Waals surface area contributed by atoms with Gasteiger partial charge in [0, 0.05) is 5.56 Å². The Balaban J connectivity index is 2.17. The molecule has 0 bridgehead atoms. The standard InChI is InChI=1S/C17H21NO2/c1-4-13-6-8-16(19-3)14(10-13)11-20-17-7-5-12(2)9-15(17)18/h5-10H,4,11,18H2,1-3H3. The summed E-state index contributed by atoms with van der Waals surface area (Å²) in [5.74, 6) is 1.55. The van der Waals surface area contributed by atoms with E-state index in [2.05, 4.69) is 19.1 Å². The Kier molecular flexibility index (Phi) is 4.51. The van der Waals surface area contributed by atoms with Crippen LogP contribution in [0.15, 0.2) is 36.4 Å². The van der Waals surface area contributed by atoms with Gasteiger partial charge in [0.2, 0.25) is 0 Å². The van der Waals surface area contributed by atoms with Gasteiger partial charge < -0.3 is 15.2 Å². The molecule has 0 amide bonds. The van der Waals surface area contributed by atoms with E-state index in [0.717, 1.165) is 23.3 Å². The first kappa shape index (κ1) is 14.3. The van der Waals surface area contributed by atoms with Crippen molar-refractivity contribution in [3.05, 3.63) is 53.1 Å². The van der Waals surface area contributed by atoms with Gasteiger partial charge in [-0.3, -0.25) is 0 Å². The quantitative estimate of drug-likeness (QED) is 0.843. The van der Waals surface area contributed by atoms with Crippen LogP contribution in [-0.2, 0) is 13.0 Å². The van der Waals surface area contributed by atoms with Crippen molar-refractivity contribution in [3.63, 3.8) is 0 Å². The highest BCUT2D eigenvalue weighted by atomic mass is 16.5. The van der Waals surface area contributed by atoms with Gasteiger partial charge in [-0.15, -0.1) is 0 Å². The second-order valence-corrected chi connectivity index (χ2v) is 4.83. The lowest BCUT2D eigenvalue weighted by Crippen LogP contribution is -2.02. The van der Waals surface area contributed by atoms with Crippen LogP contribution in [0.4, 0.5) is 5.69 Å². The highest BCUT2D eigenvalue weighted by molar-refractivity contribution is 5.54. The van der Waals surface area contributed by atoms with Gasteiger partial charge >= 0.3 is 0 Å². The number of rotatable bonds is 5. The van der Waals surface area contributed by atoms with Crippen LogP contribution in [0.2, 0.25) is 0 Å². The molecule has 0 saturated carbocycles. The van der Waals surface area contributed by atoms with E-state index in [9.17, 15) is 0 Å². The van der Waals surface area contributed by atoms with E-state index in [1.807, 2.05) is 31.2 Å². The third-order valence-electron chi connectivity index (χ3n) is 3.30. The maximum atomic E-state index is 5.96. The summed E-state index contributed by atoms with van der Waals surface area (Å²) in [6.45, 7) is 4.59. The molecule has 0 saturated heterocycles. The summed E-state index contributed by atoms with van der Waals surface area (Å²) in [6.07, 6.45) is 0.990. The molecule has 0 radical (unpaired) electrons. The van der Waals surface area contributed by atoms with E-state index >= 15 is 0 Å². The average molecular weight is 271 g/mol. The average Bonchev–Trinajstić information content (AvgIpc) is 2.46. The SMILES string of the molecule is CCc1ccc(OC)c(COc2ccc(C)cc2N)c1. The summed E-state index contributed by atoms with van der Waals surface area (Å²) in [5, 5.41) is 0.